The smallest absolute Gasteiger partial charge is 0.257 e. The van der Waals surface area contributed by atoms with Crippen molar-refractivity contribution in [1.82, 2.24) is 0 Å². The molecule has 0 aliphatic heterocycles. The summed E-state index contributed by atoms with van der Waals surface area (Å²) in [6.07, 6.45) is 0. The van der Waals surface area contributed by atoms with Gasteiger partial charge < -0.3 is 21.0 Å². The summed E-state index contributed by atoms with van der Waals surface area (Å²) in [4.78, 5) is 12.0. The van der Waals surface area contributed by atoms with Gasteiger partial charge in [-0.3, -0.25) is 4.79 Å². The highest BCUT2D eigenvalue weighted by Crippen LogP contribution is 2.21. The zero-order chi connectivity index (χ0) is 15.6. The van der Waals surface area contributed by atoms with E-state index < -0.39 is 22.8 Å². The van der Waals surface area contributed by atoms with Crippen molar-refractivity contribution in [1.29, 1.82) is 0 Å². The number of anilines is 1. The normalized spacial score (nSPS) is 10.8. The number of amides is 1. The number of carbonyl (C=O) groups is 1. The lowest BCUT2D eigenvalue weighted by molar-refractivity contribution is -0.715. The Morgan fingerprint density at radius 2 is 1.86 bits per heavy atom. The monoisotopic (exact) mass is 313 g/mol. The fourth-order valence-electron chi connectivity index (χ4n) is 1.61. The van der Waals surface area contributed by atoms with Crippen molar-refractivity contribution < 1.29 is 18.8 Å². The molecular weight excluding hydrogens is 306 g/mol. The molecule has 0 radical (unpaired) electrons. The van der Waals surface area contributed by atoms with Crippen LogP contribution in [0.4, 0.5) is 20.2 Å². The second kappa shape index (κ2) is 6.15. The van der Waals surface area contributed by atoms with E-state index in [-0.39, 0.29) is 22.0 Å². The van der Waals surface area contributed by atoms with Crippen LogP contribution in [0.5, 0.6) is 0 Å². The molecule has 0 fully saturated rings. The molecule has 0 saturated carbocycles. The average Bonchev–Trinajstić information content (AvgIpc) is 2.42. The maximum Gasteiger partial charge on any atom is 0.257 e. The Labute approximate surface area is 122 Å². The first-order chi connectivity index (χ1) is 9.88. The number of quaternary nitrogens is 1. The van der Waals surface area contributed by atoms with Crippen LogP contribution in [0.1, 0.15) is 10.4 Å². The van der Waals surface area contributed by atoms with Crippen LogP contribution in [-0.4, -0.2) is 5.91 Å². The number of halogens is 3. The summed E-state index contributed by atoms with van der Waals surface area (Å²) in [6.45, 7) is 0. The second-order valence-electron chi connectivity index (χ2n) is 4.06. The Kier molecular flexibility index (Phi) is 4.49. The van der Waals surface area contributed by atoms with Crippen LogP contribution in [0, 0.1) is 22.0 Å². The molecule has 0 heterocycles. The largest absolute Gasteiger partial charge is 0.628 e. The minimum absolute atomic E-state index is 0.0139. The first-order valence-electron chi connectivity index (χ1n) is 5.66. The maximum absolute atomic E-state index is 13.4. The van der Waals surface area contributed by atoms with Crippen LogP contribution in [0.3, 0.4) is 0 Å². The second-order valence-corrected chi connectivity index (χ2v) is 4.47. The van der Waals surface area contributed by atoms with Crippen LogP contribution in [0.2, 0.25) is 5.02 Å². The van der Waals surface area contributed by atoms with Gasteiger partial charge in [0.05, 0.1) is 16.3 Å². The third kappa shape index (κ3) is 3.53. The predicted octanol–water partition coefficient (Wildman–Crippen LogP) is 2.38. The number of carbonyl (C=O) groups excluding carboxylic acids is 1. The highest BCUT2D eigenvalue weighted by atomic mass is 35.5. The third-order valence-corrected chi connectivity index (χ3v) is 2.96. The highest BCUT2D eigenvalue weighted by molar-refractivity contribution is 6.34. The number of rotatable bonds is 3. The highest BCUT2D eigenvalue weighted by Gasteiger charge is 2.15. The summed E-state index contributed by atoms with van der Waals surface area (Å²) < 4.78 is 26.2. The van der Waals surface area contributed by atoms with Gasteiger partial charge in [0.1, 0.15) is 17.3 Å². The standard InChI is InChI=1S/C13H8ClF2N2O3/c14-10-3-2-8(18(20)21)6-9(10)13(19)17-12-4-1-7(15)5-11(12)16/h1-6,18H,(H,17,19)/q-1. The molecule has 0 unspecified atom stereocenters. The summed E-state index contributed by atoms with van der Waals surface area (Å²) in [6, 6.07) is 6.01. The van der Waals surface area contributed by atoms with Crippen molar-refractivity contribution in [3.63, 3.8) is 0 Å². The zero-order valence-corrected chi connectivity index (χ0v) is 11.1. The molecule has 1 amide bonds. The van der Waals surface area contributed by atoms with Gasteiger partial charge in [-0.2, -0.15) is 0 Å². The van der Waals surface area contributed by atoms with E-state index in [4.69, 9.17) is 11.6 Å². The van der Waals surface area contributed by atoms with Gasteiger partial charge in [0.25, 0.3) is 5.91 Å². The van der Waals surface area contributed by atoms with Crippen molar-refractivity contribution in [2.75, 3.05) is 5.32 Å². The van der Waals surface area contributed by atoms with E-state index in [9.17, 15) is 24.0 Å². The van der Waals surface area contributed by atoms with E-state index in [2.05, 4.69) is 5.32 Å². The number of hydrogen-bond donors (Lipinski definition) is 2. The molecule has 0 atom stereocenters. The number of benzene rings is 2. The topological polar surface area (TPSA) is 79.7 Å². The molecule has 0 bridgehead atoms. The molecule has 0 aliphatic carbocycles. The molecule has 2 rings (SSSR count). The van der Waals surface area contributed by atoms with Crippen molar-refractivity contribution in [3.05, 3.63) is 69.0 Å². The van der Waals surface area contributed by atoms with Crippen LogP contribution >= 0.6 is 11.6 Å². The predicted molar refractivity (Wildman–Crippen MR) is 73.1 cm³/mol. The molecule has 8 heteroatoms. The lowest BCUT2D eigenvalue weighted by Gasteiger charge is -2.25. The SMILES string of the molecule is O=C(Nc1ccc(F)cc1F)c1cc([NH+]([O-])[O-])ccc1Cl. The van der Waals surface area contributed by atoms with Gasteiger partial charge in [0.2, 0.25) is 0 Å². The Hall–Kier alpha value is -2.06. The fourth-order valence-corrected chi connectivity index (χ4v) is 1.81. The van der Waals surface area contributed by atoms with Gasteiger partial charge in [-0.15, -0.1) is 0 Å². The van der Waals surface area contributed by atoms with E-state index in [0.29, 0.717) is 6.07 Å². The minimum atomic E-state index is -1.48. The molecular formula is C13H8ClF2N2O3-. The first kappa shape index (κ1) is 15.3. The number of hydrogen-bond acceptors (Lipinski definition) is 3. The van der Waals surface area contributed by atoms with Crippen molar-refractivity contribution in [3.8, 4) is 0 Å². The van der Waals surface area contributed by atoms with E-state index in [1.165, 1.54) is 12.1 Å². The molecule has 2 aromatic rings. The molecule has 0 saturated heterocycles. The molecule has 0 aliphatic rings. The fraction of sp³-hybridized carbons (Fsp3) is 0. The van der Waals surface area contributed by atoms with Crippen LogP contribution in [-0.2, 0) is 0 Å². The van der Waals surface area contributed by atoms with Gasteiger partial charge in [-0.25, -0.2) is 8.78 Å². The molecule has 5 nitrogen and oxygen atoms in total. The lowest BCUT2D eigenvalue weighted by atomic mass is 10.1. The third-order valence-electron chi connectivity index (χ3n) is 2.63. The van der Waals surface area contributed by atoms with Crippen molar-refractivity contribution in [2.24, 2.45) is 0 Å². The van der Waals surface area contributed by atoms with E-state index in [1.807, 2.05) is 0 Å². The Balaban J connectivity index is 2.30. The van der Waals surface area contributed by atoms with Crippen molar-refractivity contribution in [2.45, 2.75) is 0 Å². The van der Waals surface area contributed by atoms with E-state index in [0.717, 1.165) is 18.2 Å². The summed E-state index contributed by atoms with van der Waals surface area (Å²) in [7, 11) is 0. The quantitative estimate of drug-likeness (QED) is 0.854. The van der Waals surface area contributed by atoms with Gasteiger partial charge >= 0.3 is 0 Å². The summed E-state index contributed by atoms with van der Waals surface area (Å²) in [5.74, 6) is -2.58. The number of nitrogens with one attached hydrogen (secondary N) is 2. The summed E-state index contributed by atoms with van der Waals surface area (Å²) in [5.41, 5.74) is -0.664. The summed E-state index contributed by atoms with van der Waals surface area (Å²) >= 11 is 5.80. The molecule has 0 spiro atoms. The molecule has 2 aromatic carbocycles. The maximum atomic E-state index is 13.4. The van der Waals surface area contributed by atoms with Gasteiger partial charge in [-0.05, 0) is 18.2 Å². The minimum Gasteiger partial charge on any atom is -0.628 e. The molecule has 21 heavy (non-hydrogen) atoms. The average molecular weight is 314 g/mol. The molecule has 110 valence electrons. The molecule has 2 N–H and O–H groups in total. The Morgan fingerprint density at radius 1 is 1.14 bits per heavy atom. The van der Waals surface area contributed by atoms with Crippen LogP contribution < -0.4 is 10.5 Å². The van der Waals surface area contributed by atoms with E-state index in [1.54, 1.807) is 0 Å². The van der Waals surface area contributed by atoms with Crippen LogP contribution in [0.15, 0.2) is 36.4 Å². The first-order valence-corrected chi connectivity index (χ1v) is 6.03. The lowest BCUT2D eigenvalue weighted by Crippen LogP contribution is -2.96. The van der Waals surface area contributed by atoms with Crippen LogP contribution in [0.25, 0.3) is 0 Å². The Morgan fingerprint density at radius 3 is 2.48 bits per heavy atom. The van der Waals surface area contributed by atoms with Crippen molar-refractivity contribution >= 4 is 28.9 Å². The van der Waals surface area contributed by atoms with Gasteiger partial charge in [0.15, 0.2) is 0 Å². The zero-order valence-electron chi connectivity index (χ0n) is 10.3. The van der Waals surface area contributed by atoms with Gasteiger partial charge in [0, 0.05) is 18.2 Å². The Bertz CT molecular complexity index is 695. The summed E-state index contributed by atoms with van der Waals surface area (Å²) in [5, 5.41) is 22.2. The van der Waals surface area contributed by atoms with Gasteiger partial charge in [-0.1, -0.05) is 11.6 Å². The van der Waals surface area contributed by atoms with E-state index >= 15 is 0 Å². The molecule has 0 aromatic heterocycles.